The third-order valence-electron chi connectivity index (χ3n) is 1.56. The van der Waals surface area contributed by atoms with Gasteiger partial charge in [0.05, 0.1) is 6.54 Å². The normalized spacial score (nSPS) is 11.9. The number of hydrogen-bond acceptors (Lipinski definition) is 2. The third kappa shape index (κ3) is 9.11. The standard InChI is InChI=1S/C8H11ClF5NO2/c9-1-2-15(3-6(10)11)7(16)4-17-5-8(12,13)14/h6H,1-5H2. The van der Waals surface area contributed by atoms with Crippen molar-refractivity contribution in [1.82, 2.24) is 4.90 Å². The summed E-state index contributed by atoms with van der Waals surface area (Å²) in [4.78, 5) is 11.9. The molecule has 0 aromatic heterocycles. The van der Waals surface area contributed by atoms with E-state index in [-0.39, 0.29) is 12.4 Å². The van der Waals surface area contributed by atoms with Crippen molar-refractivity contribution < 1.29 is 31.5 Å². The van der Waals surface area contributed by atoms with E-state index in [0.29, 0.717) is 4.90 Å². The van der Waals surface area contributed by atoms with Gasteiger partial charge in [-0.05, 0) is 0 Å². The Morgan fingerprint density at radius 1 is 1.35 bits per heavy atom. The molecule has 0 aromatic carbocycles. The lowest BCUT2D eigenvalue weighted by molar-refractivity contribution is -0.178. The van der Waals surface area contributed by atoms with Crippen LogP contribution < -0.4 is 0 Å². The second-order valence-electron chi connectivity index (χ2n) is 3.03. The van der Waals surface area contributed by atoms with Crippen LogP contribution in [0, 0.1) is 0 Å². The lowest BCUT2D eigenvalue weighted by Crippen LogP contribution is -2.39. The molecule has 3 nitrogen and oxygen atoms in total. The minimum atomic E-state index is -4.56. The molecule has 0 unspecified atom stereocenters. The first-order valence-corrected chi connectivity index (χ1v) is 5.06. The minimum Gasteiger partial charge on any atom is -0.362 e. The van der Waals surface area contributed by atoms with Crippen LogP contribution in [0.15, 0.2) is 0 Å². The van der Waals surface area contributed by atoms with Gasteiger partial charge in [0.25, 0.3) is 6.43 Å². The largest absolute Gasteiger partial charge is 0.411 e. The highest BCUT2D eigenvalue weighted by atomic mass is 35.5. The van der Waals surface area contributed by atoms with Gasteiger partial charge in [-0.3, -0.25) is 4.79 Å². The van der Waals surface area contributed by atoms with Crippen LogP contribution in [0.4, 0.5) is 22.0 Å². The Balaban J connectivity index is 4.05. The summed E-state index contributed by atoms with van der Waals surface area (Å²) in [5.41, 5.74) is 0. The van der Waals surface area contributed by atoms with Crippen molar-refractivity contribution in [2.24, 2.45) is 0 Å². The van der Waals surface area contributed by atoms with Gasteiger partial charge in [0.15, 0.2) is 0 Å². The minimum absolute atomic E-state index is 0.0856. The van der Waals surface area contributed by atoms with Gasteiger partial charge in [0, 0.05) is 12.4 Å². The smallest absolute Gasteiger partial charge is 0.362 e. The number of carbonyl (C=O) groups excluding carboxylic acids is 1. The van der Waals surface area contributed by atoms with Gasteiger partial charge >= 0.3 is 6.18 Å². The molecule has 0 bridgehead atoms. The Labute approximate surface area is 99.5 Å². The van der Waals surface area contributed by atoms with Gasteiger partial charge in [0.2, 0.25) is 5.91 Å². The second kappa shape index (κ2) is 7.65. The van der Waals surface area contributed by atoms with Crippen LogP contribution in [0.25, 0.3) is 0 Å². The van der Waals surface area contributed by atoms with Gasteiger partial charge in [0.1, 0.15) is 13.2 Å². The van der Waals surface area contributed by atoms with E-state index in [2.05, 4.69) is 4.74 Å². The molecule has 0 aliphatic carbocycles. The average molecular weight is 284 g/mol. The topological polar surface area (TPSA) is 29.5 Å². The third-order valence-corrected chi connectivity index (χ3v) is 1.73. The average Bonchev–Trinajstić information content (AvgIpc) is 2.14. The molecule has 0 rings (SSSR count). The Morgan fingerprint density at radius 3 is 2.35 bits per heavy atom. The summed E-state index contributed by atoms with van der Waals surface area (Å²) in [6.45, 7) is -3.54. The van der Waals surface area contributed by atoms with E-state index in [9.17, 15) is 26.7 Å². The Morgan fingerprint density at radius 2 is 1.94 bits per heavy atom. The first kappa shape index (κ1) is 16.4. The Kier molecular flexibility index (Phi) is 7.37. The lowest BCUT2D eigenvalue weighted by atomic mass is 10.4. The molecule has 102 valence electrons. The van der Waals surface area contributed by atoms with Gasteiger partial charge in [-0.2, -0.15) is 13.2 Å². The summed E-state index contributed by atoms with van der Waals surface area (Å²) in [5, 5.41) is 0. The molecule has 17 heavy (non-hydrogen) atoms. The number of hydrogen-bond donors (Lipinski definition) is 0. The quantitative estimate of drug-likeness (QED) is 0.527. The molecule has 0 radical (unpaired) electrons. The van der Waals surface area contributed by atoms with Crippen LogP contribution in [0.2, 0.25) is 0 Å². The van der Waals surface area contributed by atoms with Crippen LogP contribution in [-0.4, -0.2) is 55.6 Å². The maximum atomic E-state index is 12.0. The SMILES string of the molecule is O=C(COCC(F)(F)F)N(CCCl)CC(F)F. The summed E-state index contributed by atoms with van der Waals surface area (Å²) in [6, 6.07) is 0. The number of rotatable bonds is 7. The first-order valence-electron chi connectivity index (χ1n) is 4.52. The molecule has 0 fully saturated rings. The number of amides is 1. The molecule has 0 spiro atoms. The van der Waals surface area contributed by atoms with E-state index in [0.717, 1.165) is 0 Å². The van der Waals surface area contributed by atoms with Crippen molar-refractivity contribution in [3.8, 4) is 0 Å². The monoisotopic (exact) mass is 283 g/mol. The molecule has 0 saturated heterocycles. The fourth-order valence-electron chi connectivity index (χ4n) is 0.932. The maximum Gasteiger partial charge on any atom is 0.411 e. The van der Waals surface area contributed by atoms with Gasteiger partial charge in [-0.15, -0.1) is 11.6 Å². The van der Waals surface area contributed by atoms with E-state index >= 15 is 0 Å². The predicted octanol–water partition coefficient (Wildman–Crippen LogP) is 1.90. The van der Waals surface area contributed by atoms with Crippen molar-refractivity contribution in [2.75, 3.05) is 32.2 Å². The predicted molar refractivity (Wildman–Crippen MR) is 50.2 cm³/mol. The maximum absolute atomic E-state index is 12.0. The zero-order valence-electron chi connectivity index (χ0n) is 8.64. The van der Waals surface area contributed by atoms with E-state index in [1.165, 1.54) is 0 Å². The van der Waals surface area contributed by atoms with E-state index in [1.54, 1.807) is 0 Å². The molecule has 9 heteroatoms. The molecule has 0 aromatic rings. The number of halogens is 6. The van der Waals surface area contributed by atoms with Crippen molar-refractivity contribution in [2.45, 2.75) is 12.6 Å². The highest BCUT2D eigenvalue weighted by Crippen LogP contribution is 2.14. The summed E-state index contributed by atoms with van der Waals surface area (Å²) >= 11 is 5.27. The van der Waals surface area contributed by atoms with Crippen molar-refractivity contribution in [3.05, 3.63) is 0 Å². The molecule has 1 amide bonds. The number of alkyl halides is 6. The van der Waals surface area contributed by atoms with Crippen LogP contribution in [0.5, 0.6) is 0 Å². The molecule has 0 saturated carbocycles. The van der Waals surface area contributed by atoms with Crippen molar-refractivity contribution >= 4 is 17.5 Å². The molecule has 0 aliphatic rings. The summed E-state index contributed by atoms with van der Waals surface area (Å²) in [6.07, 6.45) is -7.33. The molecular weight excluding hydrogens is 273 g/mol. The van der Waals surface area contributed by atoms with E-state index < -0.39 is 38.3 Å². The zero-order valence-corrected chi connectivity index (χ0v) is 9.40. The summed E-state index contributed by atoms with van der Waals surface area (Å²) in [7, 11) is 0. The number of carbonyl (C=O) groups is 1. The molecule has 0 atom stereocenters. The number of ether oxygens (including phenoxy) is 1. The van der Waals surface area contributed by atoms with E-state index in [4.69, 9.17) is 11.6 Å². The van der Waals surface area contributed by atoms with Crippen molar-refractivity contribution in [1.29, 1.82) is 0 Å². The van der Waals surface area contributed by atoms with Crippen LogP contribution in [0.1, 0.15) is 0 Å². The van der Waals surface area contributed by atoms with Crippen molar-refractivity contribution in [3.63, 3.8) is 0 Å². The van der Waals surface area contributed by atoms with Gasteiger partial charge in [-0.25, -0.2) is 8.78 Å². The van der Waals surface area contributed by atoms with Gasteiger partial charge < -0.3 is 9.64 Å². The fraction of sp³-hybridized carbons (Fsp3) is 0.875. The lowest BCUT2D eigenvalue weighted by Gasteiger charge is -2.21. The van der Waals surface area contributed by atoms with Crippen LogP contribution in [0.3, 0.4) is 0 Å². The highest BCUT2D eigenvalue weighted by molar-refractivity contribution is 6.18. The zero-order chi connectivity index (χ0) is 13.5. The van der Waals surface area contributed by atoms with Crippen LogP contribution in [-0.2, 0) is 9.53 Å². The first-order chi connectivity index (χ1) is 7.76. The summed E-state index contributed by atoms with van der Waals surface area (Å²) < 4.78 is 63.1. The molecular formula is C8H11ClF5NO2. The van der Waals surface area contributed by atoms with E-state index in [1.807, 2.05) is 0 Å². The Bertz CT molecular complexity index is 236. The number of nitrogens with zero attached hydrogens (tertiary/aromatic N) is 1. The molecule has 0 heterocycles. The fourth-order valence-corrected chi connectivity index (χ4v) is 1.14. The highest BCUT2D eigenvalue weighted by Gasteiger charge is 2.28. The molecule has 0 N–H and O–H groups in total. The summed E-state index contributed by atoms with van der Waals surface area (Å²) in [5.74, 6) is -1.03. The molecule has 0 aliphatic heterocycles. The Hall–Kier alpha value is -0.630. The van der Waals surface area contributed by atoms with Gasteiger partial charge in [-0.1, -0.05) is 0 Å². The van der Waals surface area contributed by atoms with Crippen LogP contribution >= 0.6 is 11.6 Å². The second-order valence-corrected chi connectivity index (χ2v) is 3.41.